The number of imide groups is 1. The Kier molecular flexibility index (Phi) is 6.71. The average molecular weight is 491 g/mol. The molecule has 1 aliphatic heterocycles. The highest BCUT2D eigenvalue weighted by Crippen LogP contribution is 2.32. The molecule has 4 rings (SSSR count). The molecule has 0 spiro atoms. The van der Waals surface area contributed by atoms with Crippen molar-refractivity contribution in [2.75, 3.05) is 11.5 Å². The van der Waals surface area contributed by atoms with Gasteiger partial charge in [-0.05, 0) is 73.9 Å². The molecule has 0 aromatic heterocycles. The van der Waals surface area contributed by atoms with Crippen molar-refractivity contribution < 1.29 is 23.9 Å². The molecular formula is C27H23ClN2O5. The number of halogens is 1. The number of amides is 3. The smallest absolute Gasteiger partial charge is 0.338 e. The second kappa shape index (κ2) is 9.72. The predicted octanol–water partition coefficient (Wildman–Crippen LogP) is 4.79. The monoisotopic (exact) mass is 490 g/mol. The third-order valence-electron chi connectivity index (χ3n) is 5.81. The maximum atomic E-state index is 13.1. The van der Waals surface area contributed by atoms with Crippen LogP contribution in [0.25, 0.3) is 0 Å². The minimum Gasteiger partial charge on any atom is -0.452 e. The van der Waals surface area contributed by atoms with Gasteiger partial charge in [-0.15, -0.1) is 0 Å². The lowest BCUT2D eigenvalue weighted by molar-refractivity contribution is -0.124. The Morgan fingerprint density at radius 2 is 1.63 bits per heavy atom. The number of esters is 1. The number of carbonyl (C=O) groups is 4. The molecule has 0 saturated carbocycles. The average Bonchev–Trinajstić information content (AvgIpc) is 3.08. The van der Waals surface area contributed by atoms with Crippen LogP contribution in [0.2, 0.25) is 5.02 Å². The summed E-state index contributed by atoms with van der Waals surface area (Å²) in [6, 6.07) is 16.4. The van der Waals surface area contributed by atoms with Crippen molar-refractivity contribution in [2.45, 2.75) is 26.8 Å². The minimum absolute atomic E-state index is 0.0752. The summed E-state index contributed by atoms with van der Waals surface area (Å²) >= 11 is 5.88. The molecule has 178 valence electrons. The second-order valence-corrected chi connectivity index (χ2v) is 8.85. The molecule has 3 aromatic carbocycles. The highest BCUT2D eigenvalue weighted by atomic mass is 35.5. The summed E-state index contributed by atoms with van der Waals surface area (Å²) in [7, 11) is 0. The molecular weight excluding hydrogens is 468 g/mol. The molecule has 1 aliphatic rings. The Labute approximate surface area is 207 Å². The Hall–Kier alpha value is -3.97. The zero-order chi connectivity index (χ0) is 25.3. The first-order valence-electron chi connectivity index (χ1n) is 11.0. The third kappa shape index (κ3) is 4.95. The number of benzene rings is 3. The largest absolute Gasteiger partial charge is 0.452 e. The molecule has 0 saturated heterocycles. The Bertz CT molecular complexity index is 1350. The molecule has 1 unspecified atom stereocenters. The van der Waals surface area contributed by atoms with Crippen LogP contribution in [0.4, 0.5) is 5.69 Å². The predicted molar refractivity (Wildman–Crippen MR) is 132 cm³/mol. The molecule has 1 atom stereocenters. The van der Waals surface area contributed by atoms with E-state index in [0.29, 0.717) is 10.7 Å². The van der Waals surface area contributed by atoms with Crippen LogP contribution in [-0.4, -0.2) is 30.3 Å². The van der Waals surface area contributed by atoms with E-state index in [1.54, 1.807) is 37.3 Å². The zero-order valence-electron chi connectivity index (χ0n) is 19.4. The summed E-state index contributed by atoms with van der Waals surface area (Å²) in [4.78, 5) is 51.9. The van der Waals surface area contributed by atoms with Crippen LogP contribution >= 0.6 is 11.6 Å². The van der Waals surface area contributed by atoms with E-state index < -0.39 is 30.3 Å². The number of nitrogens with zero attached hydrogens (tertiary/aromatic N) is 1. The van der Waals surface area contributed by atoms with Gasteiger partial charge in [0, 0.05) is 5.02 Å². The topological polar surface area (TPSA) is 92.8 Å². The van der Waals surface area contributed by atoms with Crippen LogP contribution in [0.1, 0.15) is 60.7 Å². The molecule has 0 bridgehead atoms. The van der Waals surface area contributed by atoms with Crippen LogP contribution in [0.5, 0.6) is 0 Å². The summed E-state index contributed by atoms with van der Waals surface area (Å²) in [5, 5.41) is 3.34. The summed E-state index contributed by atoms with van der Waals surface area (Å²) in [6.07, 6.45) is 0. The van der Waals surface area contributed by atoms with Crippen LogP contribution < -0.4 is 10.2 Å². The number of hydrogen-bond donors (Lipinski definition) is 1. The lowest BCUT2D eigenvalue weighted by Crippen LogP contribution is -2.31. The van der Waals surface area contributed by atoms with E-state index in [-0.39, 0.29) is 22.7 Å². The van der Waals surface area contributed by atoms with Gasteiger partial charge in [0.05, 0.1) is 28.4 Å². The number of ether oxygens (including phenoxy) is 1. The van der Waals surface area contributed by atoms with Crippen molar-refractivity contribution >= 4 is 41.0 Å². The Morgan fingerprint density at radius 1 is 0.943 bits per heavy atom. The number of nitrogens with one attached hydrogen (secondary N) is 1. The van der Waals surface area contributed by atoms with Gasteiger partial charge in [-0.25, -0.2) is 9.69 Å². The molecule has 3 amide bonds. The van der Waals surface area contributed by atoms with Gasteiger partial charge < -0.3 is 10.1 Å². The van der Waals surface area contributed by atoms with Crippen molar-refractivity contribution in [2.24, 2.45) is 0 Å². The lowest BCUT2D eigenvalue weighted by atomic mass is 10.1. The maximum Gasteiger partial charge on any atom is 0.338 e. The lowest BCUT2D eigenvalue weighted by Gasteiger charge is -2.17. The molecule has 35 heavy (non-hydrogen) atoms. The van der Waals surface area contributed by atoms with E-state index in [1.807, 2.05) is 26.0 Å². The number of aryl methyl sites for hydroxylation is 2. The molecule has 0 radical (unpaired) electrons. The first-order valence-corrected chi connectivity index (χ1v) is 11.4. The fourth-order valence-corrected chi connectivity index (χ4v) is 4.01. The van der Waals surface area contributed by atoms with Gasteiger partial charge >= 0.3 is 5.97 Å². The second-order valence-electron chi connectivity index (χ2n) is 8.41. The van der Waals surface area contributed by atoms with Crippen LogP contribution in [0, 0.1) is 13.8 Å². The molecule has 1 heterocycles. The van der Waals surface area contributed by atoms with E-state index in [2.05, 4.69) is 5.32 Å². The normalized spacial score (nSPS) is 13.4. The quantitative estimate of drug-likeness (QED) is 0.396. The van der Waals surface area contributed by atoms with Gasteiger partial charge in [-0.1, -0.05) is 35.9 Å². The number of carbonyl (C=O) groups excluding carboxylic acids is 4. The van der Waals surface area contributed by atoms with Gasteiger partial charge in [0.1, 0.15) is 0 Å². The molecule has 0 fully saturated rings. The fourth-order valence-electron chi connectivity index (χ4n) is 3.88. The number of hydrogen-bond acceptors (Lipinski definition) is 5. The summed E-state index contributed by atoms with van der Waals surface area (Å²) in [6.45, 7) is 5.00. The van der Waals surface area contributed by atoms with E-state index in [9.17, 15) is 19.2 Å². The first-order chi connectivity index (χ1) is 16.7. The van der Waals surface area contributed by atoms with Gasteiger partial charge in [-0.3, -0.25) is 14.4 Å². The van der Waals surface area contributed by atoms with E-state index in [0.717, 1.165) is 21.6 Å². The van der Waals surface area contributed by atoms with Gasteiger partial charge in [0.2, 0.25) is 0 Å². The molecule has 7 nitrogen and oxygen atoms in total. The Balaban J connectivity index is 1.43. The summed E-state index contributed by atoms with van der Waals surface area (Å²) in [5.41, 5.74) is 3.45. The van der Waals surface area contributed by atoms with Crippen molar-refractivity contribution in [1.29, 1.82) is 0 Å². The third-order valence-corrected chi connectivity index (χ3v) is 6.06. The minimum atomic E-state index is -0.771. The van der Waals surface area contributed by atoms with Crippen molar-refractivity contribution in [1.82, 2.24) is 5.32 Å². The summed E-state index contributed by atoms with van der Waals surface area (Å²) < 4.78 is 5.13. The SMILES string of the molecule is Cc1ccc(C)c(N2C(=O)c3ccc(C(=O)OCC(=O)NC(C)c4ccc(Cl)cc4)cc3C2=O)c1. The van der Waals surface area contributed by atoms with Crippen molar-refractivity contribution in [3.05, 3.63) is 99.1 Å². The number of fused-ring (bicyclic) bond motifs is 1. The standard InChI is InChI=1S/C27H23ClN2O5/c1-15-4-5-16(2)23(12-15)30-25(32)21-11-8-19(13-22(21)26(30)33)27(34)35-14-24(31)29-17(3)18-6-9-20(28)10-7-18/h4-13,17H,14H2,1-3H3,(H,29,31). The van der Waals surface area contributed by atoms with Gasteiger partial charge in [0.25, 0.3) is 17.7 Å². The number of rotatable bonds is 6. The number of anilines is 1. The van der Waals surface area contributed by atoms with E-state index in [4.69, 9.17) is 16.3 Å². The van der Waals surface area contributed by atoms with Gasteiger partial charge in [-0.2, -0.15) is 0 Å². The van der Waals surface area contributed by atoms with E-state index >= 15 is 0 Å². The maximum absolute atomic E-state index is 13.1. The fraction of sp³-hybridized carbons (Fsp3) is 0.185. The van der Waals surface area contributed by atoms with Crippen LogP contribution in [-0.2, 0) is 9.53 Å². The molecule has 8 heteroatoms. The molecule has 0 aliphatic carbocycles. The van der Waals surface area contributed by atoms with Crippen molar-refractivity contribution in [3.8, 4) is 0 Å². The van der Waals surface area contributed by atoms with E-state index in [1.165, 1.54) is 18.2 Å². The zero-order valence-corrected chi connectivity index (χ0v) is 20.2. The summed E-state index contributed by atoms with van der Waals surface area (Å²) in [5.74, 6) is -2.21. The molecule has 1 N–H and O–H groups in total. The molecule has 3 aromatic rings. The van der Waals surface area contributed by atoms with Crippen LogP contribution in [0.15, 0.2) is 60.7 Å². The van der Waals surface area contributed by atoms with Crippen LogP contribution in [0.3, 0.4) is 0 Å². The highest BCUT2D eigenvalue weighted by molar-refractivity contribution is 6.35. The van der Waals surface area contributed by atoms with Crippen molar-refractivity contribution in [3.63, 3.8) is 0 Å². The van der Waals surface area contributed by atoms with Gasteiger partial charge in [0.15, 0.2) is 6.61 Å². The first kappa shape index (κ1) is 24.2. The Morgan fingerprint density at radius 3 is 2.34 bits per heavy atom. The highest BCUT2D eigenvalue weighted by Gasteiger charge is 2.38.